The van der Waals surface area contributed by atoms with E-state index in [9.17, 15) is 9.59 Å². The minimum Gasteiger partial charge on any atom is -0.337 e. The van der Waals surface area contributed by atoms with E-state index in [2.05, 4.69) is 6.07 Å². The van der Waals surface area contributed by atoms with Crippen LogP contribution in [0, 0.1) is 0 Å². The Morgan fingerprint density at radius 2 is 1.75 bits per heavy atom. The van der Waals surface area contributed by atoms with E-state index >= 15 is 0 Å². The lowest BCUT2D eigenvalue weighted by atomic mass is 10.3. The summed E-state index contributed by atoms with van der Waals surface area (Å²) in [6.07, 6.45) is 0. The summed E-state index contributed by atoms with van der Waals surface area (Å²) in [6, 6.07) is 8.08. The number of fused-ring (bicyclic) bond motifs is 1. The molecule has 0 spiro atoms. The van der Waals surface area contributed by atoms with Gasteiger partial charge in [-0.3, -0.25) is 19.1 Å². The number of thioether (sulfide) groups is 1. The van der Waals surface area contributed by atoms with Crippen LogP contribution >= 0.6 is 35.3 Å². The van der Waals surface area contributed by atoms with Crippen molar-refractivity contribution >= 4 is 62.7 Å². The SMILES string of the molecule is CCN1C(=O)/C(=c2/s/c(=C3/Sc4ccccc4N3C)c(=O)n2CC)N(C)C1=S. The van der Waals surface area contributed by atoms with Crippen LogP contribution in [-0.2, 0) is 11.3 Å². The van der Waals surface area contributed by atoms with E-state index in [1.54, 1.807) is 33.2 Å². The number of hydrogen-bond donors (Lipinski definition) is 0. The van der Waals surface area contributed by atoms with Gasteiger partial charge in [-0.2, -0.15) is 0 Å². The summed E-state index contributed by atoms with van der Waals surface area (Å²) in [6.45, 7) is 4.81. The minimum absolute atomic E-state index is 0.0702. The predicted molar refractivity (Wildman–Crippen MR) is 119 cm³/mol. The summed E-state index contributed by atoms with van der Waals surface area (Å²) in [5.41, 5.74) is 1.49. The third kappa shape index (κ3) is 2.64. The number of aromatic nitrogens is 1. The molecule has 2 aliphatic heterocycles. The molecule has 28 heavy (non-hydrogen) atoms. The van der Waals surface area contributed by atoms with E-state index in [4.69, 9.17) is 12.2 Å². The van der Waals surface area contributed by atoms with Gasteiger partial charge in [0.2, 0.25) is 0 Å². The highest BCUT2D eigenvalue weighted by molar-refractivity contribution is 8.08. The van der Waals surface area contributed by atoms with Crippen molar-refractivity contribution in [3.05, 3.63) is 43.8 Å². The molecule has 0 saturated carbocycles. The summed E-state index contributed by atoms with van der Waals surface area (Å²) in [4.78, 5) is 32.6. The van der Waals surface area contributed by atoms with Crippen LogP contribution in [0.5, 0.6) is 0 Å². The van der Waals surface area contributed by atoms with Crippen molar-refractivity contribution in [2.24, 2.45) is 0 Å². The summed E-state index contributed by atoms with van der Waals surface area (Å²) in [5, 5.41) is 1.37. The van der Waals surface area contributed by atoms with E-state index in [1.807, 2.05) is 44.0 Å². The Kier molecular flexibility index (Phi) is 4.84. The van der Waals surface area contributed by atoms with Crippen LogP contribution in [0.1, 0.15) is 13.8 Å². The second-order valence-corrected chi connectivity index (χ2v) is 8.85. The van der Waals surface area contributed by atoms with E-state index in [0.29, 0.717) is 33.1 Å². The quantitative estimate of drug-likeness (QED) is 0.669. The predicted octanol–water partition coefficient (Wildman–Crippen LogP) is 1.42. The first-order chi connectivity index (χ1) is 13.4. The maximum absolute atomic E-state index is 13.2. The second kappa shape index (κ2) is 7.06. The molecule has 0 bridgehead atoms. The molecule has 0 unspecified atom stereocenters. The number of anilines is 1. The van der Waals surface area contributed by atoms with Gasteiger partial charge in [0.1, 0.15) is 19.9 Å². The summed E-state index contributed by atoms with van der Waals surface area (Å²) in [7, 11) is 3.76. The van der Waals surface area contributed by atoms with Crippen molar-refractivity contribution in [2.75, 3.05) is 25.5 Å². The van der Waals surface area contributed by atoms with Crippen molar-refractivity contribution in [3.8, 4) is 0 Å². The van der Waals surface area contributed by atoms with Gasteiger partial charge in [0.15, 0.2) is 5.11 Å². The van der Waals surface area contributed by atoms with Gasteiger partial charge >= 0.3 is 0 Å². The van der Waals surface area contributed by atoms with Crippen LogP contribution < -0.4 is 19.7 Å². The van der Waals surface area contributed by atoms with Crippen molar-refractivity contribution in [3.63, 3.8) is 0 Å². The molecular formula is C19H20N4O2S3. The first kappa shape index (κ1) is 19.2. The molecule has 0 atom stereocenters. The van der Waals surface area contributed by atoms with Crippen molar-refractivity contribution < 1.29 is 4.79 Å². The zero-order valence-electron chi connectivity index (χ0n) is 16.1. The van der Waals surface area contributed by atoms with Gasteiger partial charge in [0, 0.05) is 32.1 Å². The maximum atomic E-state index is 13.2. The molecule has 1 aromatic carbocycles. The first-order valence-electron chi connectivity index (χ1n) is 8.99. The van der Waals surface area contributed by atoms with Crippen LogP contribution in [0.15, 0.2) is 34.0 Å². The molecule has 0 aliphatic carbocycles. The number of nitrogens with zero attached hydrogens (tertiary/aromatic N) is 4. The molecule has 0 N–H and O–H groups in total. The smallest absolute Gasteiger partial charge is 0.279 e. The van der Waals surface area contributed by atoms with Crippen LogP contribution in [-0.4, -0.2) is 46.0 Å². The van der Waals surface area contributed by atoms with Gasteiger partial charge in [0.05, 0.1) is 5.69 Å². The van der Waals surface area contributed by atoms with Crippen LogP contribution in [0.3, 0.4) is 0 Å². The fourth-order valence-electron chi connectivity index (χ4n) is 3.46. The van der Waals surface area contributed by atoms with Gasteiger partial charge in [-0.1, -0.05) is 23.9 Å². The van der Waals surface area contributed by atoms with E-state index < -0.39 is 0 Å². The Bertz CT molecular complexity index is 1180. The number of thiocarbonyl (C=S) groups is 1. The van der Waals surface area contributed by atoms with Crippen molar-refractivity contribution in [2.45, 2.75) is 25.3 Å². The van der Waals surface area contributed by atoms with Gasteiger partial charge in [-0.15, -0.1) is 11.3 Å². The van der Waals surface area contributed by atoms with Crippen molar-refractivity contribution in [1.29, 1.82) is 0 Å². The molecule has 0 radical (unpaired) electrons. The van der Waals surface area contributed by atoms with E-state index in [0.717, 1.165) is 15.6 Å². The molecule has 1 saturated heterocycles. The second-order valence-electron chi connectivity index (χ2n) is 6.46. The standard InChI is InChI=1S/C19H20N4O2S3/c1-5-22-16(25)14(18-20(3)11-9-7-8-10-12(11)27-18)28-17(22)13-15(24)23(6-2)19(26)21(13)4/h7-10H,5-6H2,1-4H3/b17-13-,18-14+. The normalized spacial score (nSPS) is 20.5. The summed E-state index contributed by atoms with van der Waals surface area (Å²) >= 11 is 8.38. The first-order valence-corrected chi connectivity index (χ1v) is 11.0. The Balaban J connectivity index is 2.02. The van der Waals surface area contributed by atoms with Gasteiger partial charge in [-0.25, -0.2) is 0 Å². The molecule has 9 heteroatoms. The molecule has 4 rings (SSSR count). The van der Waals surface area contributed by atoms with Gasteiger partial charge in [0.25, 0.3) is 11.5 Å². The number of amides is 1. The third-order valence-electron chi connectivity index (χ3n) is 4.95. The largest absolute Gasteiger partial charge is 0.337 e. The number of carbonyl (C=O) groups is 1. The lowest BCUT2D eigenvalue weighted by Gasteiger charge is -2.13. The molecule has 6 nitrogen and oxygen atoms in total. The molecule has 2 aromatic rings. The number of thiazole rings is 1. The number of likely N-dealkylation sites (N-methyl/N-ethyl adjacent to an activating group) is 2. The van der Waals surface area contributed by atoms with Gasteiger partial charge < -0.3 is 9.80 Å². The Hall–Kier alpha value is -2.10. The highest BCUT2D eigenvalue weighted by Crippen LogP contribution is 2.44. The average molecular weight is 433 g/mol. The fourth-order valence-corrected chi connectivity index (χ4v) is 6.35. The lowest BCUT2D eigenvalue weighted by molar-refractivity contribution is -0.120. The van der Waals surface area contributed by atoms with Crippen LogP contribution in [0.4, 0.5) is 5.69 Å². The number of hydrogen-bond acceptors (Lipinski definition) is 6. The summed E-state index contributed by atoms with van der Waals surface area (Å²) in [5.74, 6) is -0.147. The number of carbonyl (C=O) groups excluding carboxylic acids is 1. The van der Waals surface area contributed by atoms with Crippen molar-refractivity contribution in [1.82, 2.24) is 14.4 Å². The van der Waals surface area contributed by atoms with Crippen LogP contribution in [0.25, 0.3) is 10.7 Å². The minimum atomic E-state index is -0.147. The molecule has 146 valence electrons. The molecule has 3 heterocycles. The Labute approximate surface area is 176 Å². The highest BCUT2D eigenvalue weighted by atomic mass is 32.2. The maximum Gasteiger partial charge on any atom is 0.279 e. The molecule has 1 aromatic heterocycles. The average Bonchev–Trinajstić information content (AvgIpc) is 3.26. The number of benzene rings is 1. The monoisotopic (exact) mass is 432 g/mol. The van der Waals surface area contributed by atoms with Crippen LogP contribution in [0.2, 0.25) is 0 Å². The van der Waals surface area contributed by atoms with E-state index in [-0.39, 0.29) is 11.5 Å². The molecular weight excluding hydrogens is 412 g/mol. The number of rotatable bonds is 2. The highest BCUT2D eigenvalue weighted by Gasteiger charge is 2.36. The lowest BCUT2D eigenvalue weighted by Crippen LogP contribution is -2.35. The Morgan fingerprint density at radius 3 is 2.36 bits per heavy atom. The molecule has 1 fully saturated rings. The zero-order valence-corrected chi connectivity index (χ0v) is 18.5. The summed E-state index contributed by atoms with van der Waals surface area (Å²) < 4.78 is 2.98. The fraction of sp³-hybridized carbons (Fsp3) is 0.316. The van der Waals surface area contributed by atoms with E-state index in [1.165, 1.54) is 11.3 Å². The molecule has 2 aliphatic rings. The zero-order chi connectivity index (χ0) is 20.2. The molecule has 1 amide bonds. The topological polar surface area (TPSA) is 48.8 Å². The third-order valence-corrected chi connectivity index (χ3v) is 7.99. The van der Waals surface area contributed by atoms with Gasteiger partial charge in [-0.05, 0) is 38.2 Å². The number of para-hydroxylation sites is 1. The Morgan fingerprint density at radius 1 is 1.04 bits per heavy atom.